The number of carbonyl (C=O) groups excluding carboxylic acids is 1. The van der Waals surface area contributed by atoms with Gasteiger partial charge in [-0.25, -0.2) is 12.8 Å². The molecule has 0 fully saturated rings. The van der Waals surface area contributed by atoms with Crippen molar-refractivity contribution in [3.8, 4) is 11.5 Å². The molecule has 248 valence electrons. The highest BCUT2D eigenvalue weighted by atomic mass is 32.2. The van der Waals surface area contributed by atoms with Gasteiger partial charge in [-0.3, -0.25) is 9.52 Å². The Hall–Kier alpha value is -4.58. The lowest BCUT2D eigenvalue weighted by Gasteiger charge is -2.19. The number of alkyl halides is 3. The second-order valence-electron chi connectivity index (χ2n) is 12.3. The summed E-state index contributed by atoms with van der Waals surface area (Å²) in [6.07, 6.45) is -4.27. The highest BCUT2D eigenvalue weighted by Gasteiger charge is 2.30. The van der Waals surface area contributed by atoms with E-state index in [2.05, 4.69) is 25.5 Å². The van der Waals surface area contributed by atoms with Crippen LogP contribution in [0.15, 0.2) is 89.8 Å². The summed E-state index contributed by atoms with van der Waals surface area (Å²) in [7, 11) is -4.17. The monoisotopic (exact) mass is 670 g/mol. The Bertz CT molecular complexity index is 1870. The average molecular weight is 671 g/mol. The number of amides is 1. The van der Waals surface area contributed by atoms with Gasteiger partial charge >= 0.3 is 6.18 Å². The molecule has 1 aliphatic heterocycles. The third kappa shape index (κ3) is 8.42. The summed E-state index contributed by atoms with van der Waals surface area (Å²) in [5.74, 6) is -0.880. The van der Waals surface area contributed by atoms with Gasteiger partial charge in [0.15, 0.2) is 5.82 Å². The maximum absolute atomic E-state index is 14.9. The molecular weight excluding hydrogens is 636 g/mol. The van der Waals surface area contributed by atoms with Gasteiger partial charge < -0.3 is 14.4 Å². The Kier molecular flexibility index (Phi) is 9.53. The number of anilines is 1. The van der Waals surface area contributed by atoms with Crippen molar-refractivity contribution in [1.82, 2.24) is 4.90 Å². The summed E-state index contributed by atoms with van der Waals surface area (Å²) in [5, 5.41) is 0. The molecule has 0 aliphatic carbocycles. The fraction of sp³-hybridized carbons (Fsp3) is 0.286. The predicted molar refractivity (Wildman–Crippen MR) is 169 cm³/mol. The number of hydrogen-bond acceptors (Lipinski definition) is 5. The number of hydrogen-bond donors (Lipinski definition) is 1. The third-order valence-electron chi connectivity index (χ3n) is 7.71. The number of nitrogens with one attached hydrogen (secondary N) is 1. The number of fused-ring (bicyclic) bond motifs is 1. The van der Waals surface area contributed by atoms with Crippen LogP contribution in [0.4, 0.5) is 23.2 Å². The summed E-state index contributed by atoms with van der Waals surface area (Å²) in [6.45, 7) is 6.79. The number of halogens is 4. The molecule has 0 aromatic heterocycles. The van der Waals surface area contributed by atoms with Crippen LogP contribution in [0.2, 0.25) is 0 Å². The zero-order chi connectivity index (χ0) is 34.0. The van der Waals surface area contributed by atoms with Crippen molar-refractivity contribution in [2.45, 2.75) is 56.8 Å². The number of sulfonamides is 1. The highest BCUT2D eigenvalue weighted by Crippen LogP contribution is 2.32. The predicted octanol–water partition coefficient (Wildman–Crippen LogP) is 7.49. The lowest BCUT2D eigenvalue weighted by atomic mass is 9.86. The summed E-state index contributed by atoms with van der Waals surface area (Å²) < 4.78 is 92.7. The van der Waals surface area contributed by atoms with Crippen LogP contribution in [-0.2, 0) is 45.9 Å². The van der Waals surface area contributed by atoms with Crippen LogP contribution in [0.3, 0.4) is 0 Å². The van der Waals surface area contributed by atoms with Crippen molar-refractivity contribution < 1.29 is 40.2 Å². The largest absolute Gasteiger partial charge is 0.490 e. The smallest absolute Gasteiger partial charge is 0.416 e. The molecule has 0 saturated carbocycles. The summed E-state index contributed by atoms with van der Waals surface area (Å²) in [5.41, 5.74) is 2.47. The van der Waals surface area contributed by atoms with Crippen molar-refractivity contribution >= 4 is 21.6 Å². The van der Waals surface area contributed by atoms with Gasteiger partial charge in [0, 0.05) is 19.2 Å². The molecule has 0 saturated heterocycles. The zero-order valence-electron chi connectivity index (χ0n) is 26.0. The van der Waals surface area contributed by atoms with E-state index >= 15 is 0 Å². The van der Waals surface area contributed by atoms with Crippen LogP contribution in [-0.4, -0.2) is 32.4 Å². The molecule has 4 aromatic rings. The van der Waals surface area contributed by atoms with Crippen LogP contribution in [0.25, 0.3) is 0 Å². The molecule has 1 amide bonds. The molecule has 7 nitrogen and oxygen atoms in total. The summed E-state index contributed by atoms with van der Waals surface area (Å²) in [6, 6.07) is 20.5. The first-order valence-electron chi connectivity index (χ1n) is 14.8. The fourth-order valence-electron chi connectivity index (χ4n) is 5.08. The van der Waals surface area contributed by atoms with Gasteiger partial charge in [-0.1, -0.05) is 57.2 Å². The van der Waals surface area contributed by atoms with Crippen LogP contribution < -0.4 is 14.2 Å². The van der Waals surface area contributed by atoms with E-state index in [0.29, 0.717) is 12.1 Å². The van der Waals surface area contributed by atoms with Crippen LogP contribution in [0.5, 0.6) is 11.5 Å². The molecule has 4 aromatic carbocycles. The van der Waals surface area contributed by atoms with Crippen LogP contribution >= 0.6 is 0 Å². The van der Waals surface area contributed by atoms with Crippen LogP contribution in [0, 0.1) is 5.82 Å². The molecule has 0 bridgehead atoms. The lowest BCUT2D eigenvalue weighted by molar-refractivity contribution is -0.137. The molecule has 0 atom stereocenters. The van der Waals surface area contributed by atoms with Gasteiger partial charge in [0.25, 0.3) is 10.0 Å². The second-order valence-corrected chi connectivity index (χ2v) is 14.0. The molecule has 0 radical (unpaired) electrons. The van der Waals surface area contributed by atoms with Crippen LogP contribution in [0.1, 0.15) is 48.6 Å². The fourth-order valence-corrected chi connectivity index (χ4v) is 6.19. The Balaban J connectivity index is 1.15. The van der Waals surface area contributed by atoms with E-state index < -0.39 is 27.6 Å². The molecule has 1 heterocycles. The maximum atomic E-state index is 14.9. The molecule has 5 rings (SSSR count). The quantitative estimate of drug-likeness (QED) is 0.140. The molecule has 1 N–H and O–H groups in total. The lowest BCUT2D eigenvalue weighted by Crippen LogP contribution is -2.26. The maximum Gasteiger partial charge on any atom is 0.416 e. The standard InChI is InChI=1S/C35H34F4N2O5S/c1-34(2,3)26-10-7-23(8-11-26)17-33(42)41-21-24-9-13-30(18-25(24)22-41)47(43,44)40-32-14-12-29(20-31(32)36)46-16-15-45-28-6-4-5-27(19-28)35(37,38)39/h4-14,18-20,40H,15-17,21-22H2,1-3H3. The topological polar surface area (TPSA) is 84.9 Å². The van der Waals surface area contributed by atoms with E-state index in [4.69, 9.17) is 9.47 Å². The Morgan fingerprint density at radius 3 is 2.11 bits per heavy atom. The van der Waals surface area contributed by atoms with Gasteiger partial charge in [-0.15, -0.1) is 0 Å². The Labute approximate surface area is 271 Å². The van der Waals surface area contributed by atoms with Crippen molar-refractivity contribution in [1.29, 1.82) is 0 Å². The minimum absolute atomic E-state index is 0.00660. The highest BCUT2D eigenvalue weighted by molar-refractivity contribution is 7.92. The minimum Gasteiger partial charge on any atom is -0.490 e. The average Bonchev–Trinajstić information content (AvgIpc) is 3.44. The SMILES string of the molecule is CC(C)(C)c1ccc(CC(=O)N2Cc3ccc(S(=O)(=O)Nc4ccc(OCCOc5cccc(C(F)(F)F)c5)cc4F)cc3C2)cc1. The number of nitrogens with zero attached hydrogens (tertiary/aromatic N) is 1. The van der Waals surface area contributed by atoms with Crippen molar-refractivity contribution in [2.24, 2.45) is 0 Å². The summed E-state index contributed by atoms with van der Waals surface area (Å²) in [4.78, 5) is 14.6. The van der Waals surface area contributed by atoms with Gasteiger partial charge in [0.1, 0.15) is 24.7 Å². The van der Waals surface area contributed by atoms with Gasteiger partial charge in [-0.2, -0.15) is 13.2 Å². The molecule has 0 unspecified atom stereocenters. The molecule has 47 heavy (non-hydrogen) atoms. The van der Waals surface area contributed by atoms with E-state index in [9.17, 15) is 30.8 Å². The number of rotatable bonds is 10. The van der Waals surface area contributed by atoms with Crippen molar-refractivity contribution in [3.63, 3.8) is 0 Å². The summed E-state index contributed by atoms with van der Waals surface area (Å²) >= 11 is 0. The molecule has 1 aliphatic rings. The molecular formula is C35H34F4N2O5S. The molecule has 12 heteroatoms. The minimum atomic E-state index is -4.50. The van der Waals surface area contributed by atoms with E-state index in [0.717, 1.165) is 29.3 Å². The Morgan fingerprint density at radius 2 is 1.47 bits per heavy atom. The zero-order valence-corrected chi connectivity index (χ0v) is 26.8. The Morgan fingerprint density at radius 1 is 0.809 bits per heavy atom. The normalized spacial score (nSPS) is 13.3. The van der Waals surface area contributed by atoms with Gasteiger partial charge in [0.05, 0.1) is 22.6 Å². The second kappa shape index (κ2) is 13.3. The first kappa shape index (κ1) is 33.8. The first-order valence-corrected chi connectivity index (χ1v) is 16.3. The van der Waals surface area contributed by atoms with Crippen molar-refractivity contribution in [2.75, 3.05) is 17.9 Å². The van der Waals surface area contributed by atoms with E-state index in [-0.39, 0.29) is 59.6 Å². The third-order valence-corrected chi connectivity index (χ3v) is 9.07. The van der Waals surface area contributed by atoms with E-state index in [1.54, 1.807) is 11.0 Å². The van der Waals surface area contributed by atoms with Crippen molar-refractivity contribution in [3.05, 3.63) is 119 Å². The van der Waals surface area contributed by atoms with E-state index in [1.165, 1.54) is 42.0 Å². The number of carbonyl (C=O) groups is 1. The van der Waals surface area contributed by atoms with Gasteiger partial charge in [-0.05, 0) is 70.1 Å². The molecule has 0 spiro atoms. The first-order chi connectivity index (χ1) is 22.1. The number of ether oxygens (including phenoxy) is 2. The number of benzene rings is 4. The van der Waals surface area contributed by atoms with Gasteiger partial charge in [0.2, 0.25) is 5.91 Å². The van der Waals surface area contributed by atoms with E-state index in [1.807, 2.05) is 24.3 Å².